The van der Waals surface area contributed by atoms with Gasteiger partial charge in [0.05, 0.1) is 12.2 Å². The Balaban J connectivity index is 2.17. The molecule has 7 heteroatoms. The number of benzene rings is 1. The summed E-state index contributed by atoms with van der Waals surface area (Å²) in [6.45, 7) is 3.54. The standard InChI is InChI=1S/C18H15FN2O3S/c1-3-24-18(23)16-11(2)14(10-20)17(25-16)21-15(22)9-6-12-4-7-13(19)8-5-12/h4-9H,3H2,1-2H3,(H,21,22)/b9-6+. The molecule has 5 nitrogen and oxygen atoms in total. The number of rotatable bonds is 5. The predicted molar refractivity (Wildman–Crippen MR) is 93.8 cm³/mol. The molecule has 0 aliphatic carbocycles. The summed E-state index contributed by atoms with van der Waals surface area (Å²) in [6.07, 6.45) is 2.79. The molecule has 0 aliphatic rings. The average molecular weight is 358 g/mol. The third-order valence-electron chi connectivity index (χ3n) is 3.25. The van der Waals surface area contributed by atoms with Crippen molar-refractivity contribution in [2.45, 2.75) is 13.8 Å². The van der Waals surface area contributed by atoms with Crippen LogP contribution >= 0.6 is 11.3 Å². The molecular weight excluding hydrogens is 343 g/mol. The summed E-state index contributed by atoms with van der Waals surface area (Å²) >= 11 is 0.998. The minimum Gasteiger partial charge on any atom is -0.462 e. The number of carbonyl (C=O) groups is 2. The van der Waals surface area contributed by atoms with E-state index < -0.39 is 11.9 Å². The highest BCUT2D eigenvalue weighted by Crippen LogP contribution is 2.33. The lowest BCUT2D eigenvalue weighted by atomic mass is 10.1. The fraction of sp³-hybridized carbons (Fsp3) is 0.167. The molecule has 0 fully saturated rings. The van der Waals surface area contributed by atoms with Crippen molar-refractivity contribution in [2.24, 2.45) is 0 Å². The Bertz CT molecular complexity index is 864. The van der Waals surface area contributed by atoms with Crippen LogP contribution in [0.15, 0.2) is 30.3 Å². The number of nitrogens with one attached hydrogen (secondary N) is 1. The van der Waals surface area contributed by atoms with Gasteiger partial charge in [-0.15, -0.1) is 11.3 Å². The number of ether oxygens (including phenoxy) is 1. The number of carbonyl (C=O) groups excluding carboxylic acids is 2. The van der Waals surface area contributed by atoms with Crippen LogP contribution in [0.3, 0.4) is 0 Å². The summed E-state index contributed by atoms with van der Waals surface area (Å²) in [6, 6.07) is 7.64. The lowest BCUT2D eigenvalue weighted by Gasteiger charge is -1.99. The first-order chi connectivity index (χ1) is 12.0. The molecule has 1 heterocycles. The van der Waals surface area contributed by atoms with Crippen LogP contribution in [-0.2, 0) is 9.53 Å². The van der Waals surface area contributed by atoms with Crippen molar-refractivity contribution < 1.29 is 18.7 Å². The summed E-state index contributed by atoms with van der Waals surface area (Å²) in [5.41, 5.74) is 1.37. The van der Waals surface area contributed by atoms with Gasteiger partial charge in [0.2, 0.25) is 5.91 Å². The van der Waals surface area contributed by atoms with E-state index in [-0.39, 0.29) is 27.9 Å². The summed E-state index contributed by atoms with van der Waals surface area (Å²) in [5, 5.41) is 12.1. The normalized spacial score (nSPS) is 10.5. The molecule has 2 aromatic rings. The number of anilines is 1. The zero-order valence-corrected chi connectivity index (χ0v) is 14.4. The van der Waals surface area contributed by atoms with E-state index >= 15 is 0 Å². The highest BCUT2D eigenvalue weighted by Gasteiger charge is 2.21. The van der Waals surface area contributed by atoms with E-state index in [0.29, 0.717) is 11.1 Å². The van der Waals surface area contributed by atoms with Crippen LogP contribution in [0.5, 0.6) is 0 Å². The van der Waals surface area contributed by atoms with E-state index in [1.54, 1.807) is 13.8 Å². The second kappa shape index (κ2) is 8.22. The van der Waals surface area contributed by atoms with Crippen LogP contribution in [0.1, 0.15) is 33.3 Å². The fourth-order valence-electron chi connectivity index (χ4n) is 2.03. The maximum Gasteiger partial charge on any atom is 0.348 e. The van der Waals surface area contributed by atoms with Gasteiger partial charge in [0, 0.05) is 6.08 Å². The second-order valence-electron chi connectivity index (χ2n) is 4.97. The molecule has 0 saturated carbocycles. The molecule has 1 aromatic carbocycles. The quantitative estimate of drug-likeness (QED) is 0.649. The number of esters is 1. The van der Waals surface area contributed by atoms with Crippen LogP contribution < -0.4 is 5.32 Å². The van der Waals surface area contributed by atoms with Gasteiger partial charge in [-0.3, -0.25) is 4.79 Å². The number of hydrogen-bond acceptors (Lipinski definition) is 5. The molecule has 0 saturated heterocycles. The molecule has 1 aromatic heterocycles. The lowest BCUT2D eigenvalue weighted by Crippen LogP contribution is -2.07. The number of thiophene rings is 1. The molecule has 25 heavy (non-hydrogen) atoms. The average Bonchev–Trinajstić information content (AvgIpc) is 2.90. The summed E-state index contributed by atoms with van der Waals surface area (Å²) in [5.74, 6) is -1.35. The molecule has 0 bridgehead atoms. The summed E-state index contributed by atoms with van der Waals surface area (Å²) in [4.78, 5) is 24.2. The minimum absolute atomic E-state index is 0.222. The monoisotopic (exact) mass is 358 g/mol. The van der Waals surface area contributed by atoms with Gasteiger partial charge in [-0.05, 0) is 43.2 Å². The Hall–Kier alpha value is -2.98. The van der Waals surface area contributed by atoms with Crippen molar-refractivity contribution in [3.8, 4) is 6.07 Å². The topological polar surface area (TPSA) is 79.2 Å². The first-order valence-electron chi connectivity index (χ1n) is 7.41. The van der Waals surface area contributed by atoms with Crippen LogP contribution in [0.4, 0.5) is 9.39 Å². The van der Waals surface area contributed by atoms with E-state index in [9.17, 15) is 19.2 Å². The lowest BCUT2D eigenvalue weighted by molar-refractivity contribution is -0.111. The number of hydrogen-bond donors (Lipinski definition) is 1. The maximum absolute atomic E-state index is 12.8. The highest BCUT2D eigenvalue weighted by molar-refractivity contribution is 7.18. The third kappa shape index (κ3) is 4.52. The fourth-order valence-corrected chi connectivity index (χ4v) is 3.08. The van der Waals surface area contributed by atoms with E-state index in [0.717, 1.165) is 11.3 Å². The van der Waals surface area contributed by atoms with Gasteiger partial charge in [0.15, 0.2) is 0 Å². The largest absolute Gasteiger partial charge is 0.462 e. The maximum atomic E-state index is 12.8. The van der Waals surface area contributed by atoms with Crippen LogP contribution in [-0.4, -0.2) is 18.5 Å². The Labute approximate surface area is 148 Å². The summed E-state index contributed by atoms with van der Waals surface area (Å²) in [7, 11) is 0. The van der Waals surface area contributed by atoms with Gasteiger partial charge in [-0.2, -0.15) is 5.26 Å². The molecule has 0 radical (unpaired) electrons. The van der Waals surface area contributed by atoms with Crippen molar-refractivity contribution in [3.63, 3.8) is 0 Å². The molecule has 2 rings (SSSR count). The number of nitriles is 1. The molecule has 0 unspecified atom stereocenters. The highest BCUT2D eigenvalue weighted by atomic mass is 32.1. The number of halogens is 1. The zero-order chi connectivity index (χ0) is 18.4. The SMILES string of the molecule is CCOC(=O)c1sc(NC(=O)/C=C/c2ccc(F)cc2)c(C#N)c1C. The van der Waals surface area contributed by atoms with Crippen LogP contribution in [0, 0.1) is 24.1 Å². The molecule has 0 spiro atoms. The number of amides is 1. The van der Waals surface area contributed by atoms with Gasteiger partial charge in [-0.1, -0.05) is 12.1 Å². The molecule has 0 aliphatic heterocycles. The van der Waals surface area contributed by atoms with Crippen molar-refractivity contribution in [2.75, 3.05) is 11.9 Å². The molecule has 128 valence electrons. The zero-order valence-electron chi connectivity index (χ0n) is 13.6. The Kier molecular flexibility index (Phi) is 6.03. The molecule has 1 amide bonds. The van der Waals surface area contributed by atoms with Crippen molar-refractivity contribution >= 4 is 34.3 Å². The van der Waals surface area contributed by atoms with Gasteiger partial charge >= 0.3 is 5.97 Å². The first kappa shape index (κ1) is 18.4. The Morgan fingerprint density at radius 2 is 2.04 bits per heavy atom. The van der Waals surface area contributed by atoms with Crippen LogP contribution in [0.2, 0.25) is 0 Å². The number of nitrogens with zero attached hydrogens (tertiary/aromatic N) is 1. The predicted octanol–water partition coefficient (Wildman–Crippen LogP) is 3.90. The summed E-state index contributed by atoms with van der Waals surface area (Å²) < 4.78 is 17.8. The van der Waals surface area contributed by atoms with Crippen molar-refractivity contribution in [1.29, 1.82) is 5.26 Å². The molecule has 1 N–H and O–H groups in total. The Morgan fingerprint density at radius 1 is 1.36 bits per heavy atom. The minimum atomic E-state index is -0.524. The van der Waals surface area contributed by atoms with E-state index in [2.05, 4.69) is 5.32 Å². The van der Waals surface area contributed by atoms with E-state index in [1.807, 2.05) is 6.07 Å². The van der Waals surface area contributed by atoms with Gasteiger partial charge in [0.1, 0.15) is 21.8 Å². The van der Waals surface area contributed by atoms with E-state index in [1.165, 1.54) is 36.4 Å². The smallest absolute Gasteiger partial charge is 0.348 e. The first-order valence-corrected chi connectivity index (χ1v) is 8.23. The van der Waals surface area contributed by atoms with Crippen LogP contribution in [0.25, 0.3) is 6.08 Å². The van der Waals surface area contributed by atoms with Crippen molar-refractivity contribution in [3.05, 3.63) is 57.7 Å². The van der Waals surface area contributed by atoms with Gasteiger partial charge in [-0.25, -0.2) is 9.18 Å². The Morgan fingerprint density at radius 3 is 2.64 bits per heavy atom. The molecular formula is C18H15FN2O3S. The van der Waals surface area contributed by atoms with E-state index in [4.69, 9.17) is 4.74 Å². The molecule has 0 atom stereocenters. The van der Waals surface area contributed by atoms with Gasteiger partial charge < -0.3 is 10.1 Å². The second-order valence-corrected chi connectivity index (χ2v) is 5.99. The third-order valence-corrected chi connectivity index (χ3v) is 4.44. The van der Waals surface area contributed by atoms with Crippen molar-refractivity contribution in [1.82, 2.24) is 0 Å². The van der Waals surface area contributed by atoms with Gasteiger partial charge in [0.25, 0.3) is 0 Å².